The topological polar surface area (TPSA) is 12.0 Å². The van der Waals surface area contributed by atoms with E-state index in [-0.39, 0.29) is 11.1 Å². The van der Waals surface area contributed by atoms with Gasteiger partial charge in [-0.2, -0.15) is 0 Å². The highest BCUT2D eigenvalue weighted by atomic mass is 79.9. The molecule has 1 nitrogen and oxygen atoms in total. The van der Waals surface area contributed by atoms with E-state index in [1.807, 2.05) is 31.3 Å². The summed E-state index contributed by atoms with van der Waals surface area (Å²) >= 11 is 15.6. The van der Waals surface area contributed by atoms with Crippen molar-refractivity contribution in [2.75, 3.05) is 7.05 Å². The van der Waals surface area contributed by atoms with Crippen molar-refractivity contribution in [1.82, 2.24) is 5.32 Å². The third-order valence-corrected chi connectivity index (χ3v) is 4.39. The van der Waals surface area contributed by atoms with Crippen LogP contribution in [0.5, 0.6) is 0 Å². The first-order valence-electron chi connectivity index (χ1n) is 6.08. The van der Waals surface area contributed by atoms with Gasteiger partial charge in [0.1, 0.15) is 5.82 Å². The molecule has 2 aromatic rings. The Bertz CT molecular complexity index is 619. The molecule has 0 saturated heterocycles. The fourth-order valence-corrected chi connectivity index (χ4v) is 3.09. The standard InChI is InChI=1S/C15H13BrCl2FN/c1-20-14(11-6-5-10(16)8-12(11)17)7-9-3-2-4-13(19)15(9)18/h2-6,8,14,20H,7H2,1H3. The van der Waals surface area contributed by atoms with Gasteiger partial charge in [0.2, 0.25) is 0 Å². The van der Waals surface area contributed by atoms with Gasteiger partial charge in [-0.15, -0.1) is 0 Å². The van der Waals surface area contributed by atoms with E-state index in [0.717, 1.165) is 15.6 Å². The predicted molar refractivity (Wildman–Crippen MR) is 86.1 cm³/mol. The second kappa shape index (κ2) is 6.90. The van der Waals surface area contributed by atoms with Crippen LogP contribution in [0.1, 0.15) is 17.2 Å². The SMILES string of the molecule is CNC(Cc1cccc(F)c1Cl)c1ccc(Br)cc1Cl. The van der Waals surface area contributed by atoms with Crippen molar-refractivity contribution in [2.45, 2.75) is 12.5 Å². The smallest absolute Gasteiger partial charge is 0.142 e. The number of hydrogen-bond acceptors (Lipinski definition) is 1. The van der Waals surface area contributed by atoms with E-state index in [2.05, 4.69) is 21.2 Å². The molecular formula is C15H13BrCl2FN. The summed E-state index contributed by atoms with van der Waals surface area (Å²) in [6, 6.07) is 10.5. The van der Waals surface area contributed by atoms with Gasteiger partial charge >= 0.3 is 0 Å². The van der Waals surface area contributed by atoms with Crippen LogP contribution in [0.25, 0.3) is 0 Å². The van der Waals surface area contributed by atoms with E-state index in [1.54, 1.807) is 6.07 Å². The van der Waals surface area contributed by atoms with E-state index in [0.29, 0.717) is 11.4 Å². The number of rotatable bonds is 4. The summed E-state index contributed by atoms with van der Waals surface area (Å²) in [5.41, 5.74) is 1.71. The van der Waals surface area contributed by atoms with Crippen molar-refractivity contribution in [3.8, 4) is 0 Å². The molecule has 1 unspecified atom stereocenters. The molecule has 0 bridgehead atoms. The molecule has 5 heteroatoms. The molecule has 0 aliphatic carbocycles. The Labute approximate surface area is 136 Å². The minimum Gasteiger partial charge on any atom is -0.313 e. The minimum absolute atomic E-state index is 0.0325. The lowest BCUT2D eigenvalue weighted by Gasteiger charge is -2.19. The lowest BCUT2D eigenvalue weighted by atomic mass is 9.99. The van der Waals surface area contributed by atoms with Crippen molar-refractivity contribution >= 4 is 39.1 Å². The van der Waals surface area contributed by atoms with E-state index in [9.17, 15) is 4.39 Å². The zero-order valence-corrected chi connectivity index (χ0v) is 13.9. The van der Waals surface area contributed by atoms with E-state index in [4.69, 9.17) is 23.2 Å². The van der Waals surface area contributed by atoms with Crippen molar-refractivity contribution in [3.63, 3.8) is 0 Å². The maximum Gasteiger partial charge on any atom is 0.142 e. The zero-order chi connectivity index (χ0) is 14.7. The monoisotopic (exact) mass is 375 g/mol. The Morgan fingerprint density at radius 3 is 2.65 bits per heavy atom. The van der Waals surface area contributed by atoms with Gasteiger partial charge in [-0.1, -0.05) is 57.3 Å². The molecule has 1 atom stereocenters. The number of nitrogens with one attached hydrogen (secondary N) is 1. The number of likely N-dealkylation sites (N-methyl/N-ethyl adjacent to an activating group) is 1. The quantitative estimate of drug-likeness (QED) is 0.753. The Kier molecular flexibility index (Phi) is 5.44. The van der Waals surface area contributed by atoms with E-state index < -0.39 is 5.82 Å². The molecule has 0 saturated carbocycles. The first-order valence-corrected chi connectivity index (χ1v) is 7.63. The number of halogens is 4. The molecule has 0 heterocycles. The summed E-state index contributed by atoms with van der Waals surface area (Å²) in [4.78, 5) is 0. The lowest BCUT2D eigenvalue weighted by Crippen LogP contribution is -2.19. The highest BCUT2D eigenvalue weighted by Gasteiger charge is 2.16. The highest BCUT2D eigenvalue weighted by molar-refractivity contribution is 9.10. The van der Waals surface area contributed by atoms with Crippen LogP contribution in [-0.4, -0.2) is 7.05 Å². The van der Waals surface area contributed by atoms with Gasteiger partial charge in [-0.25, -0.2) is 4.39 Å². The van der Waals surface area contributed by atoms with Crippen molar-refractivity contribution < 1.29 is 4.39 Å². The van der Waals surface area contributed by atoms with Gasteiger partial charge in [-0.3, -0.25) is 0 Å². The van der Waals surface area contributed by atoms with Crippen LogP contribution in [0, 0.1) is 5.82 Å². The molecule has 2 rings (SSSR count). The normalized spacial score (nSPS) is 12.4. The van der Waals surface area contributed by atoms with Crippen molar-refractivity contribution in [2.24, 2.45) is 0 Å². The summed E-state index contributed by atoms with van der Waals surface area (Å²) in [6.45, 7) is 0. The molecule has 0 radical (unpaired) electrons. The highest BCUT2D eigenvalue weighted by Crippen LogP contribution is 2.30. The van der Waals surface area contributed by atoms with E-state index >= 15 is 0 Å². The molecule has 0 spiro atoms. The Morgan fingerprint density at radius 1 is 1.25 bits per heavy atom. The molecule has 106 valence electrons. The lowest BCUT2D eigenvalue weighted by molar-refractivity contribution is 0.584. The fraction of sp³-hybridized carbons (Fsp3) is 0.200. The van der Waals surface area contributed by atoms with Crippen LogP contribution in [0.4, 0.5) is 4.39 Å². The van der Waals surface area contributed by atoms with Gasteiger partial charge in [0.05, 0.1) is 5.02 Å². The number of benzene rings is 2. The second-order valence-corrected chi connectivity index (χ2v) is 6.13. The molecule has 0 amide bonds. The maximum absolute atomic E-state index is 13.5. The summed E-state index contributed by atoms with van der Waals surface area (Å²) in [5.74, 6) is -0.402. The third-order valence-electron chi connectivity index (χ3n) is 3.14. The van der Waals surface area contributed by atoms with Gasteiger partial charge in [0.25, 0.3) is 0 Å². The van der Waals surface area contributed by atoms with Crippen molar-refractivity contribution in [3.05, 3.63) is 67.9 Å². The average molecular weight is 377 g/mol. The Morgan fingerprint density at radius 2 is 2.00 bits per heavy atom. The molecule has 0 fully saturated rings. The molecule has 0 aliphatic heterocycles. The molecule has 0 aromatic heterocycles. The first kappa shape index (κ1) is 15.8. The maximum atomic E-state index is 13.5. The Hall–Kier alpha value is -0.610. The van der Waals surface area contributed by atoms with Crippen LogP contribution in [0.2, 0.25) is 10.0 Å². The molecule has 0 aliphatic rings. The molecule has 1 N–H and O–H groups in total. The fourth-order valence-electron chi connectivity index (χ4n) is 2.08. The summed E-state index contributed by atoms with van der Waals surface area (Å²) < 4.78 is 14.4. The van der Waals surface area contributed by atoms with Crippen LogP contribution in [0.3, 0.4) is 0 Å². The largest absolute Gasteiger partial charge is 0.313 e. The molecule has 2 aromatic carbocycles. The van der Waals surface area contributed by atoms with Gasteiger partial charge in [-0.05, 0) is 42.8 Å². The van der Waals surface area contributed by atoms with Crippen molar-refractivity contribution in [1.29, 1.82) is 0 Å². The zero-order valence-electron chi connectivity index (χ0n) is 10.8. The predicted octanol–water partition coefficient (Wildman–Crippen LogP) is 5.40. The average Bonchev–Trinajstić information content (AvgIpc) is 2.41. The van der Waals surface area contributed by atoms with Gasteiger partial charge in [0.15, 0.2) is 0 Å². The first-order chi connectivity index (χ1) is 9.52. The summed E-state index contributed by atoms with van der Waals surface area (Å²) in [7, 11) is 1.84. The molecule has 20 heavy (non-hydrogen) atoms. The summed E-state index contributed by atoms with van der Waals surface area (Å²) in [6.07, 6.45) is 0.564. The van der Waals surface area contributed by atoms with Gasteiger partial charge < -0.3 is 5.32 Å². The van der Waals surface area contributed by atoms with Crippen LogP contribution in [0.15, 0.2) is 40.9 Å². The van der Waals surface area contributed by atoms with E-state index in [1.165, 1.54) is 6.07 Å². The Balaban J connectivity index is 2.31. The summed E-state index contributed by atoms with van der Waals surface area (Å²) in [5, 5.41) is 4.02. The minimum atomic E-state index is -0.402. The van der Waals surface area contributed by atoms with Gasteiger partial charge in [0, 0.05) is 15.5 Å². The molecular weight excluding hydrogens is 364 g/mol. The van der Waals surface area contributed by atoms with Crippen LogP contribution in [-0.2, 0) is 6.42 Å². The number of hydrogen-bond donors (Lipinski definition) is 1. The third kappa shape index (κ3) is 3.53. The van der Waals surface area contributed by atoms with Crippen LogP contribution < -0.4 is 5.32 Å². The second-order valence-electron chi connectivity index (χ2n) is 4.42. The van der Waals surface area contributed by atoms with Crippen LogP contribution >= 0.6 is 39.1 Å².